The highest BCUT2D eigenvalue weighted by molar-refractivity contribution is 6.31. The Morgan fingerprint density at radius 2 is 2.38 bits per heavy atom. The SMILES string of the molecule is C[C@@H](O)c1ccc(CC2=NCCN2)c(Cl)c1. The third kappa shape index (κ3) is 2.54. The van der Waals surface area contributed by atoms with E-state index in [0.717, 1.165) is 36.5 Å². The lowest BCUT2D eigenvalue weighted by Gasteiger charge is -2.09. The number of hydrogen-bond donors (Lipinski definition) is 2. The average molecular weight is 239 g/mol. The van der Waals surface area contributed by atoms with Crippen LogP contribution in [0.5, 0.6) is 0 Å². The van der Waals surface area contributed by atoms with Crippen molar-refractivity contribution in [1.29, 1.82) is 0 Å². The number of aliphatic hydroxyl groups is 1. The quantitative estimate of drug-likeness (QED) is 0.845. The van der Waals surface area contributed by atoms with Crippen molar-refractivity contribution in [3.05, 3.63) is 34.3 Å². The van der Waals surface area contributed by atoms with Crippen LogP contribution in [0.3, 0.4) is 0 Å². The van der Waals surface area contributed by atoms with Gasteiger partial charge in [-0.15, -0.1) is 0 Å². The second kappa shape index (κ2) is 4.85. The summed E-state index contributed by atoms with van der Waals surface area (Å²) in [6, 6.07) is 5.67. The molecule has 0 spiro atoms. The van der Waals surface area contributed by atoms with E-state index in [0.29, 0.717) is 5.02 Å². The van der Waals surface area contributed by atoms with E-state index < -0.39 is 6.10 Å². The van der Waals surface area contributed by atoms with Crippen LogP contribution in [0, 0.1) is 0 Å². The first-order valence-corrected chi connectivity index (χ1v) is 5.78. The van der Waals surface area contributed by atoms with Crippen LogP contribution in [0.15, 0.2) is 23.2 Å². The second-order valence-corrected chi connectivity index (χ2v) is 4.37. The number of rotatable bonds is 3. The molecular weight excluding hydrogens is 224 g/mol. The van der Waals surface area contributed by atoms with Crippen LogP contribution in [0.4, 0.5) is 0 Å². The van der Waals surface area contributed by atoms with E-state index >= 15 is 0 Å². The molecule has 2 N–H and O–H groups in total. The molecule has 1 heterocycles. The van der Waals surface area contributed by atoms with Crippen molar-refractivity contribution in [2.24, 2.45) is 4.99 Å². The Hall–Kier alpha value is -1.06. The summed E-state index contributed by atoms with van der Waals surface area (Å²) >= 11 is 6.16. The van der Waals surface area contributed by atoms with E-state index in [9.17, 15) is 5.11 Å². The molecule has 1 aliphatic heterocycles. The van der Waals surface area contributed by atoms with Crippen LogP contribution in [0.2, 0.25) is 5.02 Å². The summed E-state index contributed by atoms with van der Waals surface area (Å²) in [6.45, 7) is 3.49. The van der Waals surface area contributed by atoms with Crippen LogP contribution in [0.1, 0.15) is 24.2 Å². The number of halogens is 1. The van der Waals surface area contributed by atoms with Crippen molar-refractivity contribution in [3.63, 3.8) is 0 Å². The highest BCUT2D eigenvalue weighted by Crippen LogP contribution is 2.22. The summed E-state index contributed by atoms with van der Waals surface area (Å²) in [6.07, 6.45) is 0.257. The van der Waals surface area contributed by atoms with Gasteiger partial charge >= 0.3 is 0 Å². The van der Waals surface area contributed by atoms with E-state index in [2.05, 4.69) is 10.3 Å². The molecule has 0 saturated heterocycles. The van der Waals surface area contributed by atoms with Gasteiger partial charge in [0.2, 0.25) is 0 Å². The van der Waals surface area contributed by atoms with Gasteiger partial charge in [-0.3, -0.25) is 4.99 Å². The van der Waals surface area contributed by atoms with Gasteiger partial charge in [0.15, 0.2) is 0 Å². The van der Waals surface area contributed by atoms with Gasteiger partial charge < -0.3 is 10.4 Å². The van der Waals surface area contributed by atoms with Crippen LogP contribution in [0.25, 0.3) is 0 Å². The Kier molecular flexibility index (Phi) is 3.46. The lowest BCUT2D eigenvalue weighted by Crippen LogP contribution is -2.20. The summed E-state index contributed by atoms with van der Waals surface area (Å²) in [7, 11) is 0. The number of amidine groups is 1. The van der Waals surface area contributed by atoms with Gasteiger partial charge in [-0.2, -0.15) is 0 Å². The molecule has 86 valence electrons. The normalized spacial score (nSPS) is 16.8. The molecule has 1 aromatic rings. The standard InChI is InChI=1S/C12H15ClN2O/c1-8(16)9-2-3-10(11(13)6-9)7-12-14-4-5-15-12/h2-3,6,8,16H,4-5,7H2,1H3,(H,14,15)/t8-/m1/s1. The maximum Gasteiger partial charge on any atom is 0.101 e. The number of nitrogens with zero attached hydrogens (tertiary/aromatic N) is 1. The zero-order valence-electron chi connectivity index (χ0n) is 9.20. The van der Waals surface area contributed by atoms with Gasteiger partial charge in [-0.05, 0) is 24.1 Å². The lowest BCUT2D eigenvalue weighted by atomic mass is 10.1. The summed E-state index contributed by atoms with van der Waals surface area (Å²) in [5, 5.41) is 13.3. The fourth-order valence-electron chi connectivity index (χ4n) is 1.71. The van der Waals surface area contributed by atoms with Crippen molar-refractivity contribution in [2.45, 2.75) is 19.4 Å². The molecule has 0 unspecified atom stereocenters. The van der Waals surface area contributed by atoms with Crippen molar-refractivity contribution in [3.8, 4) is 0 Å². The number of aliphatic imine (C=N–C) groups is 1. The number of benzene rings is 1. The monoisotopic (exact) mass is 238 g/mol. The van der Waals surface area contributed by atoms with E-state index in [4.69, 9.17) is 11.6 Å². The van der Waals surface area contributed by atoms with Crippen molar-refractivity contribution < 1.29 is 5.11 Å². The number of hydrogen-bond acceptors (Lipinski definition) is 3. The lowest BCUT2D eigenvalue weighted by molar-refractivity contribution is 0.199. The van der Waals surface area contributed by atoms with Gasteiger partial charge in [-0.1, -0.05) is 23.7 Å². The Labute approximate surface area is 100 Å². The Morgan fingerprint density at radius 3 is 2.94 bits per heavy atom. The van der Waals surface area contributed by atoms with E-state index in [-0.39, 0.29) is 0 Å². The third-order valence-corrected chi connectivity index (χ3v) is 3.01. The fraction of sp³-hybridized carbons (Fsp3) is 0.417. The molecule has 0 saturated carbocycles. The zero-order chi connectivity index (χ0) is 11.5. The minimum atomic E-state index is -0.478. The highest BCUT2D eigenvalue weighted by atomic mass is 35.5. The van der Waals surface area contributed by atoms with Gasteiger partial charge in [0.25, 0.3) is 0 Å². The molecule has 0 radical (unpaired) electrons. The fourth-order valence-corrected chi connectivity index (χ4v) is 1.97. The molecule has 1 aliphatic rings. The smallest absolute Gasteiger partial charge is 0.101 e. The predicted octanol–water partition coefficient (Wildman–Crippen LogP) is 1.94. The largest absolute Gasteiger partial charge is 0.389 e. The summed E-state index contributed by atoms with van der Waals surface area (Å²) in [5.74, 6) is 0.992. The minimum Gasteiger partial charge on any atom is -0.389 e. The molecule has 0 aromatic heterocycles. The van der Waals surface area contributed by atoms with Gasteiger partial charge in [0.05, 0.1) is 12.6 Å². The molecular formula is C12H15ClN2O. The molecule has 4 heteroatoms. The van der Waals surface area contributed by atoms with Crippen LogP contribution in [-0.4, -0.2) is 24.0 Å². The molecule has 2 rings (SSSR count). The van der Waals surface area contributed by atoms with Crippen LogP contribution >= 0.6 is 11.6 Å². The van der Waals surface area contributed by atoms with Gasteiger partial charge in [-0.25, -0.2) is 0 Å². The van der Waals surface area contributed by atoms with E-state index in [1.807, 2.05) is 18.2 Å². The highest BCUT2D eigenvalue weighted by Gasteiger charge is 2.10. The first-order valence-electron chi connectivity index (χ1n) is 5.40. The molecule has 3 nitrogen and oxygen atoms in total. The second-order valence-electron chi connectivity index (χ2n) is 3.96. The summed E-state index contributed by atoms with van der Waals surface area (Å²) in [4.78, 5) is 4.33. The average Bonchev–Trinajstić information content (AvgIpc) is 2.73. The number of aliphatic hydroxyl groups excluding tert-OH is 1. The molecule has 1 aromatic carbocycles. The van der Waals surface area contributed by atoms with E-state index in [1.165, 1.54) is 0 Å². The Balaban J connectivity index is 2.16. The topological polar surface area (TPSA) is 44.6 Å². The summed E-state index contributed by atoms with van der Waals surface area (Å²) < 4.78 is 0. The van der Waals surface area contributed by atoms with Crippen molar-refractivity contribution >= 4 is 17.4 Å². The molecule has 1 atom stereocenters. The van der Waals surface area contributed by atoms with Crippen LogP contribution in [-0.2, 0) is 6.42 Å². The molecule has 0 aliphatic carbocycles. The van der Waals surface area contributed by atoms with Gasteiger partial charge in [0, 0.05) is 18.0 Å². The molecule has 0 bridgehead atoms. The van der Waals surface area contributed by atoms with Crippen molar-refractivity contribution in [1.82, 2.24) is 5.32 Å². The van der Waals surface area contributed by atoms with Crippen molar-refractivity contribution in [2.75, 3.05) is 13.1 Å². The first kappa shape index (κ1) is 11.4. The summed E-state index contributed by atoms with van der Waals surface area (Å²) in [5.41, 5.74) is 1.88. The molecule has 16 heavy (non-hydrogen) atoms. The Bertz CT molecular complexity index is 415. The third-order valence-electron chi connectivity index (χ3n) is 2.66. The van der Waals surface area contributed by atoms with Crippen LogP contribution < -0.4 is 5.32 Å². The first-order chi connectivity index (χ1) is 7.66. The minimum absolute atomic E-state index is 0.478. The zero-order valence-corrected chi connectivity index (χ0v) is 9.96. The molecule has 0 fully saturated rings. The number of nitrogens with one attached hydrogen (secondary N) is 1. The van der Waals surface area contributed by atoms with Gasteiger partial charge in [0.1, 0.15) is 5.84 Å². The predicted molar refractivity (Wildman–Crippen MR) is 66.1 cm³/mol. The van der Waals surface area contributed by atoms with E-state index in [1.54, 1.807) is 6.92 Å². The maximum absolute atomic E-state index is 9.43. The Morgan fingerprint density at radius 1 is 1.56 bits per heavy atom. The molecule has 0 amide bonds. The maximum atomic E-state index is 9.43.